The average Bonchev–Trinajstić information content (AvgIpc) is 3.28. The van der Waals surface area contributed by atoms with Crippen LogP contribution < -0.4 is 5.32 Å². The second-order valence-electron chi connectivity index (χ2n) is 7.76. The second kappa shape index (κ2) is 7.29. The number of urea groups is 1. The van der Waals surface area contributed by atoms with Gasteiger partial charge in [-0.1, -0.05) is 25.0 Å². The zero-order valence-corrected chi connectivity index (χ0v) is 15.2. The number of carbonyl (C=O) groups excluding carboxylic acids is 3. The van der Waals surface area contributed by atoms with Crippen LogP contribution in [0.15, 0.2) is 24.3 Å². The molecule has 1 aromatic rings. The van der Waals surface area contributed by atoms with Gasteiger partial charge < -0.3 is 10.2 Å². The number of benzene rings is 1. The number of carbonyl (C=O) groups is 3. The first-order valence-corrected chi connectivity index (χ1v) is 9.68. The Kier molecular flexibility index (Phi) is 4.85. The Morgan fingerprint density at radius 1 is 1.11 bits per heavy atom. The molecule has 1 heterocycles. The van der Waals surface area contributed by atoms with E-state index in [0.717, 1.165) is 49.0 Å². The van der Waals surface area contributed by atoms with Gasteiger partial charge in [-0.2, -0.15) is 0 Å². The Hall–Kier alpha value is -2.44. The Balaban J connectivity index is 1.44. The van der Waals surface area contributed by atoms with Gasteiger partial charge in [0.25, 0.3) is 5.91 Å². The first kappa shape index (κ1) is 17.9. The summed E-state index contributed by atoms with van der Waals surface area (Å²) in [5.41, 5.74) is 0.857. The van der Waals surface area contributed by atoms with E-state index in [2.05, 4.69) is 5.32 Å². The van der Waals surface area contributed by atoms with Crippen LogP contribution in [-0.2, 0) is 9.59 Å². The maximum absolute atomic E-state index is 13.3. The monoisotopic (exact) mass is 373 g/mol. The quantitative estimate of drug-likeness (QED) is 0.780. The summed E-state index contributed by atoms with van der Waals surface area (Å²) in [5.74, 6) is -0.701. The lowest BCUT2D eigenvalue weighted by Crippen LogP contribution is -2.43. The summed E-state index contributed by atoms with van der Waals surface area (Å²) in [6.45, 7) is -0.188. The molecule has 3 fully saturated rings. The Morgan fingerprint density at radius 3 is 2.41 bits per heavy atom. The number of hydrogen-bond acceptors (Lipinski definition) is 3. The van der Waals surface area contributed by atoms with Crippen molar-refractivity contribution < 1.29 is 18.8 Å². The van der Waals surface area contributed by atoms with Crippen LogP contribution >= 0.6 is 0 Å². The number of imide groups is 1. The van der Waals surface area contributed by atoms with E-state index in [0.29, 0.717) is 0 Å². The van der Waals surface area contributed by atoms with Gasteiger partial charge in [-0.25, -0.2) is 9.18 Å². The zero-order valence-electron chi connectivity index (χ0n) is 15.2. The van der Waals surface area contributed by atoms with Gasteiger partial charge in [0.15, 0.2) is 0 Å². The van der Waals surface area contributed by atoms with Crippen LogP contribution in [0.4, 0.5) is 9.18 Å². The van der Waals surface area contributed by atoms with Crippen LogP contribution in [0.25, 0.3) is 0 Å². The molecular weight excluding hydrogens is 349 g/mol. The molecule has 4 amide bonds. The lowest BCUT2D eigenvalue weighted by molar-refractivity contribution is -0.131. The molecule has 2 saturated carbocycles. The highest BCUT2D eigenvalue weighted by Crippen LogP contribution is 2.36. The molecule has 1 aromatic carbocycles. The van der Waals surface area contributed by atoms with Crippen LogP contribution in [0, 0.1) is 11.7 Å². The van der Waals surface area contributed by atoms with Crippen LogP contribution in [0.5, 0.6) is 0 Å². The molecule has 4 rings (SSSR count). The zero-order chi connectivity index (χ0) is 19.0. The molecule has 1 saturated heterocycles. The number of rotatable bonds is 6. The van der Waals surface area contributed by atoms with Gasteiger partial charge in [-0.3, -0.25) is 14.5 Å². The summed E-state index contributed by atoms with van der Waals surface area (Å²) in [6.07, 6.45) is 6.06. The van der Waals surface area contributed by atoms with E-state index in [4.69, 9.17) is 0 Å². The van der Waals surface area contributed by atoms with Crippen molar-refractivity contribution >= 4 is 17.8 Å². The van der Waals surface area contributed by atoms with Gasteiger partial charge in [-0.05, 0) is 49.3 Å². The number of halogens is 1. The SMILES string of the molecule is O=C(CN1C(=O)CN(C2CC2)C1=O)NC(c1ccc(F)cc1)C1CCCC1. The van der Waals surface area contributed by atoms with Crippen LogP contribution in [0.1, 0.15) is 50.1 Å². The van der Waals surface area contributed by atoms with E-state index in [-0.39, 0.29) is 54.8 Å². The van der Waals surface area contributed by atoms with Crippen LogP contribution in [-0.4, -0.2) is 46.8 Å². The Bertz CT molecular complexity index is 741. The first-order valence-electron chi connectivity index (χ1n) is 9.68. The summed E-state index contributed by atoms with van der Waals surface area (Å²) in [6, 6.07) is 5.73. The molecule has 7 heteroatoms. The molecular formula is C20H24FN3O3. The minimum atomic E-state index is -0.364. The van der Waals surface area contributed by atoms with Crippen molar-refractivity contribution in [2.24, 2.45) is 5.92 Å². The topological polar surface area (TPSA) is 69.7 Å². The molecule has 1 unspecified atom stereocenters. The maximum Gasteiger partial charge on any atom is 0.327 e. The molecule has 0 bridgehead atoms. The number of nitrogens with zero attached hydrogens (tertiary/aromatic N) is 2. The molecule has 1 aliphatic heterocycles. The van der Waals surface area contributed by atoms with Gasteiger partial charge in [0, 0.05) is 6.04 Å². The first-order chi connectivity index (χ1) is 13.0. The molecule has 27 heavy (non-hydrogen) atoms. The lowest BCUT2D eigenvalue weighted by Gasteiger charge is -2.26. The fourth-order valence-corrected chi connectivity index (χ4v) is 4.18. The fraction of sp³-hybridized carbons (Fsp3) is 0.550. The van der Waals surface area contributed by atoms with E-state index >= 15 is 0 Å². The molecule has 1 atom stereocenters. The van der Waals surface area contributed by atoms with E-state index in [1.807, 2.05) is 0 Å². The van der Waals surface area contributed by atoms with Crippen molar-refractivity contribution in [3.05, 3.63) is 35.6 Å². The van der Waals surface area contributed by atoms with Gasteiger partial charge in [-0.15, -0.1) is 0 Å². The van der Waals surface area contributed by atoms with Crippen molar-refractivity contribution in [3.8, 4) is 0 Å². The van der Waals surface area contributed by atoms with Gasteiger partial charge in [0.1, 0.15) is 18.9 Å². The normalized spacial score (nSPS) is 21.8. The number of amides is 4. The van der Waals surface area contributed by atoms with Crippen molar-refractivity contribution in [2.45, 2.75) is 50.6 Å². The Labute approximate surface area is 157 Å². The molecule has 1 N–H and O–H groups in total. The van der Waals surface area contributed by atoms with Crippen molar-refractivity contribution in [3.63, 3.8) is 0 Å². The van der Waals surface area contributed by atoms with E-state index in [1.165, 1.54) is 12.1 Å². The smallest absolute Gasteiger partial charge is 0.327 e. The highest BCUT2D eigenvalue weighted by Gasteiger charge is 2.44. The Morgan fingerprint density at radius 2 is 1.78 bits per heavy atom. The summed E-state index contributed by atoms with van der Waals surface area (Å²) < 4.78 is 13.3. The standard InChI is InChI=1S/C20H24FN3O3/c21-15-7-5-14(6-8-15)19(13-3-1-2-4-13)22-17(25)11-24-18(26)12-23(20(24)27)16-9-10-16/h5-8,13,16,19H,1-4,9-12H2,(H,22,25). The molecule has 0 radical (unpaired) electrons. The highest BCUT2D eigenvalue weighted by molar-refractivity contribution is 6.04. The number of nitrogens with one attached hydrogen (secondary N) is 1. The maximum atomic E-state index is 13.3. The summed E-state index contributed by atoms with van der Waals surface area (Å²) >= 11 is 0. The minimum absolute atomic E-state index is 0.0702. The summed E-state index contributed by atoms with van der Waals surface area (Å²) in [5, 5.41) is 3.00. The second-order valence-corrected chi connectivity index (χ2v) is 7.76. The third-order valence-corrected chi connectivity index (χ3v) is 5.79. The number of hydrogen-bond donors (Lipinski definition) is 1. The average molecular weight is 373 g/mol. The fourth-order valence-electron chi connectivity index (χ4n) is 4.18. The van der Waals surface area contributed by atoms with E-state index in [1.54, 1.807) is 17.0 Å². The van der Waals surface area contributed by atoms with Crippen molar-refractivity contribution in [1.29, 1.82) is 0 Å². The van der Waals surface area contributed by atoms with Gasteiger partial charge in [0.05, 0.1) is 6.04 Å². The third-order valence-electron chi connectivity index (χ3n) is 5.79. The molecule has 0 aromatic heterocycles. The predicted molar refractivity (Wildman–Crippen MR) is 96.1 cm³/mol. The molecule has 3 aliphatic rings. The van der Waals surface area contributed by atoms with Gasteiger partial charge in [0.2, 0.25) is 5.91 Å². The van der Waals surface area contributed by atoms with Crippen LogP contribution in [0.3, 0.4) is 0 Å². The highest BCUT2D eigenvalue weighted by atomic mass is 19.1. The third kappa shape index (κ3) is 3.82. The molecule has 6 nitrogen and oxygen atoms in total. The molecule has 0 spiro atoms. The molecule has 144 valence electrons. The molecule has 2 aliphatic carbocycles. The largest absolute Gasteiger partial charge is 0.347 e. The minimum Gasteiger partial charge on any atom is -0.347 e. The predicted octanol–water partition coefficient (Wildman–Crippen LogP) is 2.60. The lowest BCUT2D eigenvalue weighted by atomic mass is 9.91. The van der Waals surface area contributed by atoms with Gasteiger partial charge >= 0.3 is 6.03 Å². The van der Waals surface area contributed by atoms with E-state index < -0.39 is 0 Å². The summed E-state index contributed by atoms with van der Waals surface area (Å²) in [7, 11) is 0. The van der Waals surface area contributed by atoms with Crippen molar-refractivity contribution in [2.75, 3.05) is 13.1 Å². The van der Waals surface area contributed by atoms with Crippen LogP contribution in [0.2, 0.25) is 0 Å². The summed E-state index contributed by atoms with van der Waals surface area (Å²) in [4.78, 5) is 39.8. The van der Waals surface area contributed by atoms with Crippen molar-refractivity contribution in [1.82, 2.24) is 15.1 Å². The van der Waals surface area contributed by atoms with E-state index in [9.17, 15) is 18.8 Å².